The summed E-state index contributed by atoms with van der Waals surface area (Å²) in [4.78, 5) is 29.2. The molecule has 0 aliphatic rings. The molecule has 2 aromatic carbocycles. The Morgan fingerprint density at radius 1 is 0.641 bits per heavy atom. The van der Waals surface area contributed by atoms with Gasteiger partial charge in [0.1, 0.15) is 0 Å². The fraction of sp³-hybridized carbons (Fsp3) is 0.548. The van der Waals surface area contributed by atoms with Crippen molar-refractivity contribution in [1.82, 2.24) is 20.4 Å². The third-order valence-corrected chi connectivity index (χ3v) is 6.62. The maximum absolute atomic E-state index is 12.4. The van der Waals surface area contributed by atoms with E-state index in [2.05, 4.69) is 59.0 Å². The Bertz CT molecular complexity index is 906. The molecule has 2 aromatic rings. The molecule has 0 bridgehead atoms. The van der Waals surface area contributed by atoms with Gasteiger partial charge in [-0.15, -0.1) is 0 Å². The molecule has 0 unspecified atom stereocenters. The molecule has 39 heavy (non-hydrogen) atoms. The summed E-state index contributed by atoms with van der Waals surface area (Å²) in [6.45, 7) is 9.38. The number of anilines is 2. The Hall–Kier alpha value is -3.10. The topological polar surface area (TPSA) is 88.7 Å². The second kappa shape index (κ2) is 19.0. The van der Waals surface area contributed by atoms with Gasteiger partial charge in [-0.2, -0.15) is 0 Å². The summed E-state index contributed by atoms with van der Waals surface area (Å²) < 4.78 is 0. The number of hydrogen-bond donors (Lipinski definition) is 4. The Kier molecular flexibility index (Phi) is 15.7. The number of carbonyl (C=O) groups excluding carboxylic acids is 2. The van der Waals surface area contributed by atoms with E-state index in [1.54, 1.807) is 0 Å². The van der Waals surface area contributed by atoms with Crippen LogP contribution in [0.3, 0.4) is 0 Å². The molecule has 2 rings (SSSR count). The van der Waals surface area contributed by atoms with E-state index in [1.807, 2.05) is 48.5 Å². The van der Waals surface area contributed by atoms with E-state index < -0.39 is 0 Å². The predicted molar refractivity (Wildman–Crippen MR) is 164 cm³/mol. The number of nitrogens with zero attached hydrogens (tertiary/aromatic N) is 2. The molecule has 8 heteroatoms. The highest BCUT2D eigenvalue weighted by atomic mass is 16.2. The number of unbranched alkanes of at least 4 members (excludes halogenated alkanes) is 4. The average Bonchev–Trinajstić information content (AvgIpc) is 2.89. The highest BCUT2D eigenvalue weighted by Crippen LogP contribution is 2.17. The van der Waals surface area contributed by atoms with Crippen LogP contribution in [0.5, 0.6) is 0 Å². The monoisotopic (exact) mass is 538 g/mol. The fourth-order valence-corrected chi connectivity index (χ4v) is 4.31. The van der Waals surface area contributed by atoms with Gasteiger partial charge in [0.2, 0.25) is 0 Å². The minimum Gasteiger partial charge on any atom is -0.337 e. The van der Waals surface area contributed by atoms with E-state index >= 15 is 0 Å². The number of nitrogens with one attached hydrogen (secondary N) is 4. The van der Waals surface area contributed by atoms with Gasteiger partial charge in [0, 0.05) is 37.6 Å². The summed E-state index contributed by atoms with van der Waals surface area (Å²) in [5.74, 6) is 0. The normalized spacial score (nSPS) is 11.0. The first kappa shape index (κ1) is 32.1. The van der Waals surface area contributed by atoms with Gasteiger partial charge in [-0.3, -0.25) is 0 Å². The third kappa shape index (κ3) is 14.6. The molecular formula is C31H50N6O2. The number of carbonyl (C=O) groups is 2. The van der Waals surface area contributed by atoms with Gasteiger partial charge < -0.3 is 31.1 Å². The van der Waals surface area contributed by atoms with Crippen LogP contribution in [0, 0.1) is 0 Å². The van der Waals surface area contributed by atoms with Crippen molar-refractivity contribution in [2.24, 2.45) is 0 Å². The van der Waals surface area contributed by atoms with Gasteiger partial charge in [-0.05, 0) is 81.8 Å². The molecule has 4 amide bonds. The summed E-state index contributed by atoms with van der Waals surface area (Å²) in [6.07, 6.45) is 7.98. The van der Waals surface area contributed by atoms with E-state index in [1.165, 1.54) is 38.5 Å². The lowest BCUT2D eigenvalue weighted by Gasteiger charge is -2.17. The first-order valence-corrected chi connectivity index (χ1v) is 14.5. The van der Waals surface area contributed by atoms with E-state index in [9.17, 15) is 9.59 Å². The molecule has 8 nitrogen and oxygen atoms in total. The van der Waals surface area contributed by atoms with Gasteiger partial charge in [-0.1, -0.05) is 63.8 Å². The summed E-state index contributed by atoms with van der Waals surface area (Å²) in [6, 6.07) is 15.3. The standard InChI is InChI=1S/C31H50N6O2/c1-5-7-9-19-36(3)21-17-32-30(38)34-28-15-11-13-26(24-28)23-27-14-12-16-29(25-27)35-31(39)33-18-22-37(4)20-10-8-6-2/h11-16,24-25H,5-10,17-23H2,1-4H3,(H2,32,34,38)(H2,33,35,39). The van der Waals surface area contributed by atoms with Crippen LogP contribution in [0.4, 0.5) is 21.0 Å². The molecule has 4 N–H and O–H groups in total. The molecule has 0 radical (unpaired) electrons. The van der Waals surface area contributed by atoms with Gasteiger partial charge in [-0.25, -0.2) is 9.59 Å². The van der Waals surface area contributed by atoms with E-state index in [0.29, 0.717) is 19.5 Å². The Morgan fingerprint density at radius 3 is 1.49 bits per heavy atom. The molecule has 0 atom stereocenters. The quantitative estimate of drug-likeness (QED) is 0.182. The third-order valence-electron chi connectivity index (χ3n) is 6.62. The number of likely N-dealkylation sites (N-methyl/N-ethyl adjacent to an activating group) is 2. The number of rotatable bonds is 18. The van der Waals surface area contributed by atoms with E-state index in [4.69, 9.17) is 0 Å². The Labute approximate surface area is 235 Å². The largest absolute Gasteiger partial charge is 0.337 e. The van der Waals surface area contributed by atoms with Gasteiger partial charge in [0.05, 0.1) is 0 Å². The predicted octanol–water partition coefficient (Wildman–Crippen LogP) is 5.76. The smallest absolute Gasteiger partial charge is 0.319 e. The highest BCUT2D eigenvalue weighted by molar-refractivity contribution is 5.90. The molecular weight excluding hydrogens is 488 g/mol. The zero-order chi connectivity index (χ0) is 28.3. The molecule has 0 aromatic heterocycles. The molecule has 0 aliphatic heterocycles. The first-order chi connectivity index (χ1) is 18.9. The summed E-state index contributed by atoms with van der Waals surface area (Å²) in [7, 11) is 4.18. The number of hydrogen-bond acceptors (Lipinski definition) is 4. The Morgan fingerprint density at radius 2 is 1.08 bits per heavy atom. The van der Waals surface area contributed by atoms with Crippen molar-refractivity contribution < 1.29 is 9.59 Å². The van der Waals surface area contributed by atoms with Crippen LogP contribution >= 0.6 is 0 Å². The number of benzene rings is 2. The van der Waals surface area contributed by atoms with Crippen molar-refractivity contribution in [3.05, 3.63) is 59.7 Å². The molecule has 0 aliphatic carbocycles. The average molecular weight is 539 g/mol. The Balaban J connectivity index is 1.76. The van der Waals surface area contributed by atoms with Crippen molar-refractivity contribution in [2.75, 3.05) is 64.0 Å². The maximum atomic E-state index is 12.4. The van der Waals surface area contributed by atoms with Crippen LogP contribution in [0.2, 0.25) is 0 Å². The van der Waals surface area contributed by atoms with Crippen LogP contribution in [0.1, 0.15) is 63.5 Å². The molecule has 0 spiro atoms. The number of urea groups is 2. The van der Waals surface area contributed by atoms with Crippen LogP contribution < -0.4 is 21.3 Å². The SMILES string of the molecule is CCCCCN(C)CCNC(=O)Nc1cccc(Cc2cccc(NC(=O)NCCN(C)CCCCC)c2)c1. The van der Waals surface area contributed by atoms with Crippen molar-refractivity contribution in [2.45, 2.75) is 58.8 Å². The second-order valence-corrected chi connectivity index (χ2v) is 10.4. The van der Waals surface area contributed by atoms with Crippen molar-refractivity contribution in [1.29, 1.82) is 0 Å². The van der Waals surface area contributed by atoms with Gasteiger partial charge >= 0.3 is 12.1 Å². The van der Waals surface area contributed by atoms with Crippen LogP contribution in [0.15, 0.2) is 48.5 Å². The van der Waals surface area contributed by atoms with Crippen molar-refractivity contribution >= 4 is 23.4 Å². The summed E-state index contributed by atoms with van der Waals surface area (Å²) in [5, 5.41) is 11.7. The molecule has 216 valence electrons. The number of amides is 4. The van der Waals surface area contributed by atoms with Crippen LogP contribution in [-0.2, 0) is 6.42 Å². The van der Waals surface area contributed by atoms with E-state index in [0.717, 1.165) is 48.7 Å². The highest BCUT2D eigenvalue weighted by Gasteiger charge is 2.07. The maximum Gasteiger partial charge on any atom is 0.319 e. The second-order valence-electron chi connectivity index (χ2n) is 10.4. The van der Waals surface area contributed by atoms with Gasteiger partial charge in [0.15, 0.2) is 0 Å². The zero-order valence-electron chi connectivity index (χ0n) is 24.5. The van der Waals surface area contributed by atoms with Crippen molar-refractivity contribution in [3.8, 4) is 0 Å². The molecule has 0 saturated heterocycles. The minimum absolute atomic E-state index is 0.196. The molecule has 0 fully saturated rings. The molecule has 0 saturated carbocycles. The van der Waals surface area contributed by atoms with Gasteiger partial charge in [0.25, 0.3) is 0 Å². The fourth-order valence-electron chi connectivity index (χ4n) is 4.31. The first-order valence-electron chi connectivity index (χ1n) is 14.5. The van der Waals surface area contributed by atoms with Crippen LogP contribution in [-0.4, -0.2) is 75.2 Å². The summed E-state index contributed by atoms with van der Waals surface area (Å²) in [5.41, 5.74) is 3.68. The lowest BCUT2D eigenvalue weighted by Crippen LogP contribution is -2.35. The lowest BCUT2D eigenvalue weighted by atomic mass is 10.0. The van der Waals surface area contributed by atoms with Crippen LogP contribution in [0.25, 0.3) is 0 Å². The van der Waals surface area contributed by atoms with Crippen molar-refractivity contribution in [3.63, 3.8) is 0 Å². The zero-order valence-corrected chi connectivity index (χ0v) is 24.5. The minimum atomic E-state index is -0.196. The van der Waals surface area contributed by atoms with E-state index in [-0.39, 0.29) is 12.1 Å². The lowest BCUT2D eigenvalue weighted by molar-refractivity contribution is 0.248. The summed E-state index contributed by atoms with van der Waals surface area (Å²) >= 11 is 0. The molecule has 0 heterocycles.